The van der Waals surface area contributed by atoms with Gasteiger partial charge in [-0.1, -0.05) is 37.1 Å². The molecule has 2 heterocycles. The number of carbonyl (C=O) groups is 1. The Kier molecular flexibility index (Phi) is 5.04. The van der Waals surface area contributed by atoms with Crippen LogP contribution >= 0.6 is 11.6 Å². The van der Waals surface area contributed by atoms with Gasteiger partial charge < -0.3 is 5.32 Å². The molecule has 2 aliphatic heterocycles. The third kappa shape index (κ3) is 3.31. The Hall–Kier alpha value is -1.06. The van der Waals surface area contributed by atoms with E-state index in [9.17, 15) is 4.79 Å². The van der Waals surface area contributed by atoms with Gasteiger partial charge in [-0.05, 0) is 50.8 Å². The first kappa shape index (κ1) is 15.8. The Labute approximate surface area is 138 Å². The quantitative estimate of drug-likeness (QED) is 0.913. The molecule has 1 amide bonds. The summed E-state index contributed by atoms with van der Waals surface area (Å²) < 4.78 is 0. The van der Waals surface area contributed by atoms with E-state index < -0.39 is 0 Å². The first-order valence-corrected chi connectivity index (χ1v) is 8.88. The van der Waals surface area contributed by atoms with Crippen molar-refractivity contribution in [1.29, 1.82) is 0 Å². The van der Waals surface area contributed by atoms with Gasteiger partial charge in [0, 0.05) is 18.1 Å². The smallest absolute Gasteiger partial charge is 0.253 e. The van der Waals surface area contributed by atoms with E-state index in [0.717, 1.165) is 12.8 Å². The summed E-state index contributed by atoms with van der Waals surface area (Å²) in [6, 6.07) is 8.85. The van der Waals surface area contributed by atoms with Crippen LogP contribution in [0.3, 0.4) is 0 Å². The number of amides is 1. The maximum absolute atomic E-state index is 12.5. The number of hydrogen-bond acceptors (Lipinski definition) is 2. The number of halogens is 1. The summed E-state index contributed by atoms with van der Waals surface area (Å²) in [5, 5.41) is 3.75. The fraction of sp³-hybridized carbons (Fsp3) is 0.611. The molecule has 1 aromatic rings. The van der Waals surface area contributed by atoms with E-state index in [1.54, 1.807) is 12.1 Å². The predicted octanol–water partition coefficient (Wildman–Crippen LogP) is 3.87. The number of carbonyl (C=O) groups excluding carboxylic acids is 1. The van der Waals surface area contributed by atoms with Gasteiger partial charge in [-0.3, -0.25) is 9.69 Å². The van der Waals surface area contributed by atoms with Crippen molar-refractivity contribution in [2.24, 2.45) is 0 Å². The molecule has 0 unspecified atom stereocenters. The van der Waals surface area contributed by atoms with E-state index >= 15 is 0 Å². The van der Waals surface area contributed by atoms with Crippen molar-refractivity contribution in [3.63, 3.8) is 0 Å². The number of nitrogens with one attached hydrogen (secondary N) is 1. The molecule has 3 nitrogen and oxygen atoms in total. The highest BCUT2D eigenvalue weighted by atomic mass is 35.5. The summed E-state index contributed by atoms with van der Waals surface area (Å²) in [7, 11) is 0. The molecule has 120 valence electrons. The highest BCUT2D eigenvalue weighted by Gasteiger charge is 2.38. The van der Waals surface area contributed by atoms with E-state index in [4.69, 9.17) is 11.6 Å². The first-order valence-electron chi connectivity index (χ1n) is 8.50. The summed E-state index contributed by atoms with van der Waals surface area (Å²) in [4.78, 5) is 15.1. The van der Waals surface area contributed by atoms with Crippen LogP contribution in [0.4, 0.5) is 0 Å². The van der Waals surface area contributed by atoms with Crippen LogP contribution in [-0.2, 0) is 0 Å². The molecule has 0 spiro atoms. The maximum atomic E-state index is 12.5. The largest absolute Gasteiger partial charge is 0.349 e. The normalized spacial score (nSPS) is 28.4. The zero-order valence-electron chi connectivity index (χ0n) is 13.2. The van der Waals surface area contributed by atoms with Crippen molar-refractivity contribution >= 4 is 17.5 Å². The molecule has 1 aromatic carbocycles. The Bertz CT molecular complexity index is 520. The zero-order valence-corrected chi connectivity index (χ0v) is 14.0. The molecular weight excluding hydrogens is 296 g/mol. The summed E-state index contributed by atoms with van der Waals surface area (Å²) in [5.41, 5.74) is 0.588. The minimum Gasteiger partial charge on any atom is -0.349 e. The zero-order chi connectivity index (χ0) is 15.5. The van der Waals surface area contributed by atoms with E-state index in [-0.39, 0.29) is 11.9 Å². The Morgan fingerprint density at radius 1 is 1.27 bits per heavy atom. The highest BCUT2D eigenvalue weighted by Crippen LogP contribution is 2.34. The summed E-state index contributed by atoms with van der Waals surface area (Å²) in [6.45, 7) is 3.45. The van der Waals surface area contributed by atoms with Crippen molar-refractivity contribution in [2.45, 2.75) is 63.6 Å². The van der Waals surface area contributed by atoms with Crippen molar-refractivity contribution in [1.82, 2.24) is 10.2 Å². The topological polar surface area (TPSA) is 32.3 Å². The summed E-state index contributed by atoms with van der Waals surface area (Å²) in [6.07, 6.45) is 7.24. The third-order valence-electron chi connectivity index (χ3n) is 5.06. The van der Waals surface area contributed by atoms with Gasteiger partial charge >= 0.3 is 0 Å². The van der Waals surface area contributed by atoms with Crippen LogP contribution in [0.5, 0.6) is 0 Å². The molecule has 0 aromatic heterocycles. The summed E-state index contributed by atoms with van der Waals surface area (Å²) in [5.74, 6) is -0.0300. The minimum atomic E-state index is -0.0300. The fourth-order valence-corrected chi connectivity index (χ4v) is 4.35. The van der Waals surface area contributed by atoms with E-state index in [1.165, 1.54) is 32.2 Å². The Morgan fingerprint density at radius 3 is 2.59 bits per heavy atom. The Morgan fingerprint density at radius 2 is 1.95 bits per heavy atom. The molecule has 0 aliphatic carbocycles. The highest BCUT2D eigenvalue weighted by molar-refractivity contribution is 6.33. The molecule has 0 radical (unpaired) electrons. The lowest BCUT2D eigenvalue weighted by atomic mass is 9.81. The van der Waals surface area contributed by atoms with Gasteiger partial charge in [0.2, 0.25) is 0 Å². The molecule has 2 bridgehead atoms. The van der Waals surface area contributed by atoms with Gasteiger partial charge in [0.1, 0.15) is 0 Å². The second-order valence-electron chi connectivity index (χ2n) is 6.60. The standard InChI is InChI=1S/C18H25ClN2O/c1-2-10-21-14-6-5-7-15(21)12-13(11-14)20-18(22)16-8-3-4-9-17(16)19/h3-4,8-9,13-15H,2,5-7,10-12H2,1H3,(H,20,22)/t14-,15-/m0/s1. The molecule has 22 heavy (non-hydrogen) atoms. The van der Waals surface area contributed by atoms with Crippen molar-refractivity contribution in [3.05, 3.63) is 34.9 Å². The molecule has 4 heteroatoms. The van der Waals surface area contributed by atoms with Crippen molar-refractivity contribution < 1.29 is 4.79 Å². The van der Waals surface area contributed by atoms with Gasteiger partial charge in [0.15, 0.2) is 0 Å². The van der Waals surface area contributed by atoms with E-state index in [1.807, 2.05) is 12.1 Å². The van der Waals surface area contributed by atoms with Crippen LogP contribution in [0.25, 0.3) is 0 Å². The maximum Gasteiger partial charge on any atom is 0.253 e. The molecule has 1 N–H and O–H groups in total. The van der Waals surface area contributed by atoms with Crippen LogP contribution in [0, 0.1) is 0 Å². The van der Waals surface area contributed by atoms with Crippen LogP contribution in [-0.4, -0.2) is 35.5 Å². The molecule has 2 aliphatic rings. The molecular formula is C18H25ClN2O. The van der Waals surface area contributed by atoms with E-state index in [0.29, 0.717) is 22.7 Å². The van der Waals surface area contributed by atoms with Gasteiger partial charge in [-0.2, -0.15) is 0 Å². The molecule has 2 atom stereocenters. The van der Waals surface area contributed by atoms with Crippen molar-refractivity contribution in [2.75, 3.05) is 6.54 Å². The number of rotatable bonds is 4. The third-order valence-corrected chi connectivity index (χ3v) is 5.39. The molecule has 3 rings (SSSR count). The lowest BCUT2D eigenvalue weighted by molar-refractivity contribution is 0.0245. The summed E-state index contributed by atoms with van der Waals surface area (Å²) >= 11 is 6.13. The number of fused-ring (bicyclic) bond motifs is 2. The fourth-order valence-electron chi connectivity index (χ4n) is 4.13. The predicted molar refractivity (Wildman–Crippen MR) is 90.4 cm³/mol. The number of piperidine rings is 2. The van der Waals surface area contributed by atoms with Gasteiger partial charge in [0.05, 0.1) is 10.6 Å². The second kappa shape index (κ2) is 7.01. The number of nitrogens with zero attached hydrogens (tertiary/aromatic N) is 1. The van der Waals surface area contributed by atoms with Crippen molar-refractivity contribution in [3.8, 4) is 0 Å². The lowest BCUT2D eigenvalue weighted by Gasteiger charge is -2.49. The molecule has 2 saturated heterocycles. The number of benzene rings is 1. The number of hydrogen-bond donors (Lipinski definition) is 1. The first-order chi connectivity index (χ1) is 10.7. The monoisotopic (exact) mass is 320 g/mol. The minimum absolute atomic E-state index is 0.0300. The molecule has 0 saturated carbocycles. The average molecular weight is 321 g/mol. The van der Waals surface area contributed by atoms with Crippen LogP contribution in [0.15, 0.2) is 24.3 Å². The van der Waals surface area contributed by atoms with E-state index in [2.05, 4.69) is 17.1 Å². The van der Waals surface area contributed by atoms with Gasteiger partial charge in [-0.25, -0.2) is 0 Å². The average Bonchev–Trinajstić information content (AvgIpc) is 2.48. The van der Waals surface area contributed by atoms with Gasteiger partial charge in [-0.15, -0.1) is 0 Å². The van der Waals surface area contributed by atoms with Gasteiger partial charge in [0.25, 0.3) is 5.91 Å². The SMILES string of the molecule is CCCN1[C@H]2CCC[C@H]1CC(NC(=O)c1ccccc1Cl)C2. The lowest BCUT2D eigenvalue weighted by Crippen LogP contribution is -2.57. The van der Waals surface area contributed by atoms with Crippen LogP contribution < -0.4 is 5.32 Å². The Balaban J connectivity index is 1.65. The van der Waals surface area contributed by atoms with Crippen LogP contribution in [0.2, 0.25) is 5.02 Å². The second-order valence-corrected chi connectivity index (χ2v) is 7.01. The molecule has 2 fully saturated rings. The van der Waals surface area contributed by atoms with Crippen LogP contribution in [0.1, 0.15) is 55.8 Å².